The number of carbonyl (C=O) groups is 1. The SMILES string of the molecule is CC(=O)c1cccc(-c2cc([C@@H]3CCN(C/C=C/C(C)C)C3)ccn2)c1. The van der Waals surface area contributed by atoms with E-state index in [1.165, 1.54) is 12.0 Å². The zero-order valence-corrected chi connectivity index (χ0v) is 16.0. The van der Waals surface area contributed by atoms with Crippen LogP contribution >= 0.6 is 0 Å². The molecule has 136 valence electrons. The second kappa shape index (κ2) is 8.41. The molecule has 1 aromatic heterocycles. The Kier molecular flexibility index (Phi) is 6.00. The van der Waals surface area contributed by atoms with Gasteiger partial charge in [0.25, 0.3) is 0 Å². The Morgan fingerprint density at radius 3 is 2.92 bits per heavy atom. The summed E-state index contributed by atoms with van der Waals surface area (Å²) in [5.41, 5.74) is 4.04. The fourth-order valence-electron chi connectivity index (χ4n) is 3.51. The summed E-state index contributed by atoms with van der Waals surface area (Å²) in [7, 11) is 0. The highest BCUT2D eigenvalue weighted by Gasteiger charge is 2.23. The number of allylic oxidation sites excluding steroid dienone is 1. The van der Waals surface area contributed by atoms with Gasteiger partial charge in [0.05, 0.1) is 5.69 Å². The van der Waals surface area contributed by atoms with E-state index in [2.05, 4.69) is 48.0 Å². The van der Waals surface area contributed by atoms with Crippen LogP contribution in [0, 0.1) is 5.92 Å². The molecular weight excluding hydrogens is 320 g/mol. The lowest BCUT2D eigenvalue weighted by Crippen LogP contribution is -2.20. The van der Waals surface area contributed by atoms with E-state index in [-0.39, 0.29) is 5.78 Å². The van der Waals surface area contributed by atoms with Gasteiger partial charge in [-0.05, 0) is 55.5 Å². The Balaban J connectivity index is 1.72. The van der Waals surface area contributed by atoms with E-state index >= 15 is 0 Å². The van der Waals surface area contributed by atoms with Crippen molar-refractivity contribution < 1.29 is 4.79 Å². The molecule has 1 saturated heterocycles. The Hall–Kier alpha value is -2.26. The molecule has 0 aliphatic carbocycles. The van der Waals surface area contributed by atoms with Crippen molar-refractivity contribution in [3.63, 3.8) is 0 Å². The van der Waals surface area contributed by atoms with Gasteiger partial charge in [-0.15, -0.1) is 0 Å². The fourth-order valence-corrected chi connectivity index (χ4v) is 3.51. The lowest BCUT2D eigenvalue weighted by Gasteiger charge is -2.15. The molecule has 0 radical (unpaired) electrons. The van der Waals surface area contributed by atoms with Crippen molar-refractivity contribution in [3.8, 4) is 11.3 Å². The Bertz CT molecular complexity index is 794. The Morgan fingerprint density at radius 2 is 2.15 bits per heavy atom. The summed E-state index contributed by atoms with van der Waals surface area (Å²) in [6.07, 6.45) is 7.65. The highest BCUT2D eigenvalue weighted by atomic mass is 16.1. The minimum atomic E-state index is 0.0869. The average molecular weight is 348 g/mol. The number of pyridine rings is 1. The number of benzene rings is 1. The van der Waals surface area contributed by atoms with Gasteiger partial charge in [0.1, 0.15) is 0 Å². The second-order valence-corrected chi connectivity index (χ2v) is 7.53. The number of Topliss-reactive ketones (excluding diaryl/α,β-unsaturated/α-hetero) is 1. The fraction of sp³-hybridized carbons (Fsp3) is 0.391. The zero-order valence-electron chi connectivity index (χ0n) is 16.0. The molecule has 0 saturated carbocycles. The number of likely N-dealkylation sites (tertiary alicyclic amines) is 1. The van der Waals surface area contributed by atoms with E-state index < -0.39 is 0 Å². The Morgan fingerprint density at radius 1 is 1.31 bits per heavy atom. The molecule has 0 amide bonds. The van der Waals surface area contributed by atoms with Gasteiger partial charge in [0, 0.05) is 30.4 Å². The minimum Gasteiger partial charge on any atom is -0.299 e. The maximum absolute atomic E-state index is 11.6. The van der Waals surface area contributed by atoms with Gasteiger partial charge in [-0.2, -0.15) is 0 Å². The van der Waals surface area contributed by atoms with Crippen molar-refractivity contribution in [2.24, 2.45) is 5.92 Å². The normalized spacial score (nSPS) is 18.1. The number of nitrogens with zero attached hydrogens (tertiary/aromatic N) is 2. The molecule has 0 N–H and O–H groups in total. The van der Waals surface area contributed by atoms with Crippen LogP contribution in [0.5, 0.6) is 0 Å². The summed E-state index contributed by atoms with van der Waals surface area (Å²) in [5, 5.41) is 0. The summed E-state index contributed by atoms with van der Waals surface area (Å²) in [6.45, 7) is 9.30. The van der Waals surface area contributed by atoms with Crippen molar-refractivity contribution in [1.29, 1.82) is 0 Å². The lowest BCUT2D eigenvalue weighted by atomic mass is 9.97. The van der Waals surface area contributed by atoms with Crippen molar-refractivity contribution in [1.82, 2.24) is 9.88 Å². The number of hydrogen-bond donors (Lipinski definition) is 0. The third kappa shape index (κ3) is 4.67. The van der Waals surface area contributed by atoms with E-state index in [1.807, 2.05) is 30.5 Å². The van der Waals surface area contributed by atoms with Gasteiger partial charge in [0.15, 0.2) is 5.78 Å². The molecule has 3 nitrogen and oxygen atoms in total. The third-order valence-corrected chi connectivity index (χ3v) is 4.98. The number of ketones is 1. The molecule has 1 aliphatic rings. The summed E-state index contributed by atoms with van der Waals surface area (Å²) in [6, 6.07) is 12.1. The predicted octanol–water partition coefficient (Wildman–Crippen LogP) is 4.95. The highest BCUT2D eigenvalue weighted by Crippen LogP contribution is 2.29. The van der Waals surface area contributed by atoms with E-state index in [0.29, 0.717) is 11.8 Å². The van der Waals surface area contributed by atoms with Crippen LogP contribution in [0.25, 0.3) is 11.3 Å². The molecule has 1 atom stereocenters. The summed E-state index contributed by atoms with van der Waals surface area (Å²) in [4.78, 5) is 18.7. The van der Waals surface area contributed by atoms with E-state index in [1.54, 1.807) is 6.92 Å². The van der Waals surface area contributed by atoms with Crippen molar-refractivity contribution in [2.45, 2.75) is 33.1 Å². The maximum atomic E-state index is 11.6. The molecule has 2 heterocycles. The van der Waals surface area contributed by atoms with Crippen LogP contribution in [0.2, 0.25) is 0 Å². The van der Waals surface area contributed by atoms with Crippen LogP contribution < -0.4 is 0 Å². The third-order valence-electron chi connectivity index (χ3n) is 4.98. The lowest BCUT2D eigenvalue weighted by molar-refractivity contribution is 0.101. The minimum absolute atomic E-state index is 0.0869. The average Bonchev–Trinajstić information content (AvgIpc) is 3.10. The molecule has 0 unspecified atom stereocenters. The first-order valence-electron chi connectivity index (χ1n) is 9.49. The van der Waals surface area contributed by atoms with Gasteiger partial charge in [-0.1, -0.05) is 44.2 Å². The zero-order chi connectivity index (χ0) is 18.5. The first-order chi connectivity index (χ1) is 12.5. The molecule has 1 aliphatic heterocycles. The molecule has 1 fully saturated rings. The van der Waals surface area contributed by atoms with Gasteiger partial charge in [-0.25, -0.2) is 0 Å². The number of hydrogen-bond acceptors (Lipinski definition) is 3. The molecule has 0 spiro atoms. The van der Waals surface area contributed by atoms with E-state index in [9.17, 15) is 4.79 Å². The standard InChI is InChI=1S/C23H28N2O/c1-17(2)6-5-12-25-13-10-22(16-25)20-9-11-24-23(15-20)21-8-4-7-19(14-21)18(3)26/h4-9,11,14-15,17,22H,10,12-13,16H2,1-3H3/b6-5+/t22-/m1/s1. The first kappa shape index (κ1) is 18.5. The first-order valence-corrected chi connectivity index (χ1v) is 9.49. The summed E-state index contributed by atoms with van der Waals surface area (Å²) < 4.78 is 0. The summed E-state index contributed by atoms with van der Waals surface area (Å²) >= 11 is 0. The number of carbonyl (C=O) groups excluding carboxylic acids is 1. The van der Waals surface area contributed by atoms with Crippen LogP contribution in [0.15, 0.2) is 54.7 Å². The molecule has 3 rings (SSSR count). The van der Waals surface area contributed by atoms with Gasteiger partial charge >= 0.3 is 0 Å². The number of aromatic nitrogens is 1. The molecule has 0 bridgehead atoms. The van der Waals surface area contributed by atoms with Crippen LogP contribution in [-0.2, 0) is 0 Å². The van der Waals surface area contributed by atoms with Gasteiger partial charge in [0.2, 0.25) is 0 Å². The molecule has 3 heteroatoms. The van der Waals surface area contributed by atoms with E-state index in [4.69, 9.17) is 0 Å². The van der Waals surface area contributed by atoms with Crippen molar-refractivity contribution >= 4 is 5.78 Å². The van der Waals surface area contributed by atoms with E-state index in [0.717, 1.165) is 36.5 Å². The van der Waals surface area contributed by atoms with Crippen LogP contribution in [-0.4, -0.2) is 35.3 Å². The van der Waals surface area contributed by atoms with Crippen molar-refractivity contribution in [3.05, 3.63) is 65.9 Å². The summed E-state index contributed by atoms with van der Waals surface area (Å²) in [5.74, 6) is 1.26. The Labute approximate surface area is 156 Å². The van der Waals surface area contributed by atoms with Crippen molar-refractivity contribution in [2.75, 3.05) is 19.6 Å². The largest absolute Gasteiger partial charge is 0.299 e. The molecule has 26 heavy (non-hydrogen) atoms. The molecular formula is C23H28N2O. The quantitative estimate of drug-likeness (QED) is 0.547. The highest BCUT2D eigenvalue weighted by molar-refractivity contribution is 5.95. The monoisotopic (exact) mass is 348 g/mol. The van der Waals surface area contributed by atoms with Crippen LogP contribution in [0.3, 0.4) is 0 Å². The van der Waals surface area contributed by atoms with Crippen LogP contribution in [0.4, 0.5) is 0 Å². The smallest absolute Gasteiger partial charge is 0.159 e. The van der Waals surface area contributed by atoms with Gasteiger partial charge in [-0.3, -0.25) is 14.7 Å². The topological polar surface area (TPSA) is 33.2 Å². The predicted molar refractivity (Wildman–Crippen MR) is 107 cm³/mol. The molecule has 2 aromatic rings. The second-order valence-electron chi connectivity index (χ2n) is 7.53. The molecule has 1 aromatic carbocycles. The number of rotatable bonds is 6. The maximum Gasteiger partial charge on any atom is 0.159 e. The van der Waals surface area contributed by atoms with Crippen LogP contribution in [0.1, 0.15) is 49.0 Å². The van der Waals surface area contributed by atoms with Gasteiger partial charge < -0.3 is 0 Å².